The van der Waals surface area contributed by atoms with Crippen molar-refractivity contribution in [1.29, 1.82) is 0 Å². The molecule has 0 unspecified atom stereocenters. The molecule has 2 fully saturated rings. The zero-order chi connectivity index (χ0) is 21.0. The van der Waals surface area contributed by atoms with Gasteiger partial charge < -0.3 is 19.3 Å². The summed E-state index contributed by atoms with van der Waals surface area (Å²) in [6.45, 7) is 0. The zero-order valence-electron chi connectivity index (χ0n) is 16.9. The topological polar surface area (TPSA) is 82.1 Å². The van der Waals surface area contributed by atoms with Crippen molar-refractivity contribution >= 4 is 11.9 Å². The van der Waals surface area contributed by atoms with E-state index in [-0.39, 0.29) is 5.97 Å². The summed E-state index contributed by atoms with van der Waals surface area (Å²) < 4.78 is 14.9. The summed E-state index contributed by atoms with van der Waals surface area (Å²) in [6.07, 6.45) is 4.72. The molecule has 0 aliphatic heterocycles. The Morgan fingerprint density at radius 1 is 0.759 bits per heavy atom. The monoisotopic (exact) mass is 398 g/mol. The second-order valence-corrected chi connectivity index (χ2v) is 7.33. The molecule has 29 heavy (non-hydrogen) atoms. The van der Waals surface area contributed by atoms with Crippen LogP contribution in [0.2, 0.25) is 0 Å². The van der Waals surface area contributed by atoms with Crippen molar-refractivity contribution in [2.24, 2.45) is 0 Å². The SMILES string of the molecule is COC(=O)c1cc(OC)cc(C2CC2)c1.COc1cc(C(=O)O)cc(C2CC2)c1. The van der Waals surface area contributed by atoms with E-state index in [1.807, 2.05) is 18.2 Å². The molecule has 6 nitrogen and oxygen atoms in total. The van der Waals surface area contributed by atoms with E-state index in [2.05, 4.69) is 0 Å². The third kappa shape index (κ3) is 5.50. The van der Waals surface area contributed by atoms with Gasteiger partial charge in [0.05, 0.1) is 32.5 Å². The second kappa shape index (κ2) is 8.99. The van der Waals surface area contributed by atoms with Crippen molar-refractivity contribution in [3.8, 4) is 11.5 Å². The summed E-state index contributed by atoms with van der Waals surface area (Å²) in [7, 11) is 4.54. The summed E-state index contributed by atoms with van der Waals surface area (Å²) in [5.41, 5.74) is 3.14. The van der Waals surface area contributed by atoms with Crippen LogP contribution in [0.3, 0.4) is 0 Å². The van der Waals surface area contributed by atoms with Gasteiger partial charge in [0.15, 0.2) is 0 Å². The van der Waals surface area contributed by atoms with Gasteiger partial charge in [-0.3, -0.25) is 0 Å². The van der Waals surface area contributed by atoms with Gasteiger partial charge in [0.2, 0.25) is 0 Å². The molecule has 154 valence electrons. The lowest BCUT2D eigenvalue weighted by molar-refractivity contribution is 0.0599. The first-order valence-electron chi connectivity index (χ1n) is 9.64. The number of carbonyl (C=O) groups is 2. The number of methoxy groups -OCH3 is 3. The predicted octanol–water partition coefficient (Wildman–Crippen LogP) is 4.63. The normalized spacial score (nSPS) is 15.0. The molecule has 0 amide bonds. The van der Waals surface area contributed by atoms with Gasteiger partial charge in [-0.1, -0.05) is 0 Å². The molecule has 0 saturated heterocycles. The molecule has 0 aromatic heterocycles. The summed E-state index contributed by atoms with van der Waals surface area (Å²) in [4.78, 5) is 22.2. The van der Waals surface area contributed by atoms with Crippen LogP contribution >= 0.6 is 0 Å². The van der Waals surface area contributed by atoms with Crippen molar-refractivity contribution in [3.63, 3.8) is 0 Å². The van der Waals surface area contributed by atoms with Crippen molar-refractivity contribution < 1.29 is 28.9 Å². The second-order valence-electron chi connectivity index (χ2n) is 7.33. The maximum atomic E-state index is 11.4. The van der Waals surface area contributed by atoms with Crippen molar-refractivity contribution in [3.05, 3.63) is 58.7 Å². The Morgan fingerprint density at radius 2 is 1.21 bits per heavy atom. The third-order valence-electron chi connectivity index (χ3n) is 5.09. The van der Waals surface area contributed by atoms with Crippen LogP contribution in [0.25, 0.3) is 0 Å². The minimum atomic E-state index is -0.897. The first kappa shape index (κ1) is 20.7. The Morgan fingerprint density at radius 3 is 1.59 bits per heavy atom. The van der Waals surface area contributed by atoms with Crippen molar-refractivity contribution in [2.45, 2.75) is 37.5 Å². The average Bonchev–Trinajstić information content (AvgIpc) is 3.65. The first-order valence-corrected chi connectivity index (χ1v) is 9.64. The van der Waals surface area contributed by atoms with Gasteiger partial charge in [-0.2, -0.15) is 0 Å². The highest BCUT2D eigenvalue weighted by Crippen LogP contribution is 2.42. The minimum Gasteiger partial charge on any atom is -0.497 e. The van der Waals surface area contributed by atoms with E-state index in [9.17, 15) is 9.59 Å². The number of hydrogen-bond acceptors (Lipinski definition) is 5. The van der Waals surface area contributed by atoms with Crippen LogP contribution in [0.5, 0.6) is 11.5 Å². The maximum Gasteiger partial charge on any atom is 0.337 e. The number of aromatic carboxylic acids is 1. The lowest BCUT2D eigenvalue weighted by atomic mass is 10.1. The Bertz CT molecular complexity index is 896. The molecule has 2 aromatic carbocycles. The van der Waals surface area contributed by atoms with E-state index in [1.54, 1.807) is 32.4 Å². The lowest BCUT2D eigenvalue weighted by Crippen LogP contribution is -2.02. The number of benzene rings is 2. The highest BCUT2D eigenvalue weighted by molar-refractivity contribution is 5.90. The standard InChI is InChI=1S/C12H14O3.C11H12O3/c1-14-11-6-9(8-3-4-8)5-10(7-11)12(13)15-2;1-14-10-5-8(7-2-3-7)4-9(6-10)11(12)13/h5-8H,3-4H2,1-2H3;4-7H,2-3H2,1H3,(H,12,13). The number of rotatable bonds is 6. The number of carbonyl (C=O) groups excluding carboxylic acids is 1. The van der Waals surface area contributed by atoms with Crippen LogP contribution < -0.4 is 9.47 Å². The number of carboxylic acids is 1. The highest BCUT2D eigenvalue weighted by atomic mass is 16.5. The molecule has 2 aromatic rings. The Balaban J connectivity index is 0.000000166. The van der Waals surface area contributed by atoms with Crippen LogP contribution in [0.4, 0.5) is 0 Å². The van der Waals surface area contributed by atoms with Gasteiger partial charge in [0, 0.05) is 0 Å². The molecule has 0 heterocycles. The van der Waals surface area contributed by atoms with Gasteiger partial charge in [-0.25, -0.2) is 9.59 Å². The van der Waals surface area contributed by atoms with E-state index in [0.717, 1.165) is 24.2 Å². The fraction of sp³-hybridized carbons (Fsp3) is 0.391. The van der Waals surface area contributed by atoms with E-state index < -0.39 is 5.97 Å². The largest absolute Gasteiger partial charge is 0.497 e. The van der Waals surface area contributed by atoms with E-state index in [0.29, 0.717) is 28.7 Å². The first-order chi connectivity index (χ1) is 13.9. The summed E-state index contributed by atoms with van der Waals surface area (Å²) in [5.74, 6) is 1.29. The molecule has 1 N–H and O–H groups in total. The Labute approximate surface area is 170 Å². The number of carboxylic acid groups (broad SMARTS) is 1. The van der Waals surface area contributed by atoms with E-state index in [1.165, 1.54) is 25.5 Å². The number of ether oxygens (including phenoxy) is 3. The quantitative estimate of drug-likeness (QED) is 0.715. The van der Waals surface area contributed by atoms with Gasteiger partial charge in [0.1, 0.15) is 11.5 Å². The third-order valence-corrected chi connectivity index (χ3v) is 5.09. The average molecular weight is 398 g/mol. The van der Waals surface area contributed by atoms with Crippen LogP contribution in [-0.4, -0.2) is 38.4 Å². The van der Waals surface area contributed by atoms with Crippen LogP contribution in [0.15, 0.2) is 36.4 Å². The predicted molar refractivity (Wildman–Crippen MR) is 108 cm³/mol. The summed E-state index contributed by atoms with van der Waals surface area (Å²) in [5, 5.41) is 8.88. The Kier molecular flexibility index (Phi) is 6.42. The van der Waals surface area contributed by atoms with Crippen molar-refractivity contribution in [2.75, 3.05) is 21.3 Å². The maximum absolute atomic E-state index is 11.4. The number of hydrogen-bond donors (Lipinski definition) is 1. The molecule has 0 bridgehead atoms. The van der Waals surface area contributed by atoms with Gasteiger partial charge in [0.25, 0.3) is 0 Å². The van der Waals surface area contributed by atoms with E-state index in [4.69, 9.17) is 19.3 Å². The summed E-state index contributed by atoms with van der Waals surface area (Å²) >= 11 is 0. The molecule has 2 aliphatic carbocycles. The zero-order valence-corrected chi connectivity index (χ0v) is 16.9. The fourth-order valence-corrected chi connectivity index (χ4v) is 3.14. The molecule has 4 rings (SSSR count). The van der Waals surface area contributed by atoms with Gasteiger partial charge in [-0.15, -0.1) is 0 Å². The van der Waals surface area contributed by atoms with Gasteiger partial charge >= 0.3 is 11.9 Å². The van der Waals surface area contributed by atoms with Crippen LogP contribution in [0.1, 0.15) is 69.4 Å². The van der Waals surface area contributed by atoms with E-state index >= 15 is 0 Å². The Hall–Kier alpha value is -3.02. The molecule has 6 heteroatoms. The fourth-order valence-electron chi connectivity index (χ4n) is 3.14. The molecule has 0 atom stereocenters. The molecular formula is C23H26O6. The molecule has 0 radical (unpaired) electrons. The van der Waals surface area contributed by atoms with Crippen molar-refractivity contribution in [1.82, 2.24) is 0 Å². The molecular weight excluding hydrogens is 372 g/mol. The molecule has 2 saturated carbocycles. The van der Waals surface area contributed by atoms with Crippen LogP contribution in [-0.2, 0) is 4.74 Å². The molecule has 2 aliphatic rings. The highest BCUT2D eigenvalue weighted by Gasteiger charge is 2.26. The smallest absolute Gasteiger partial charge is 0.337 e. The lowest BCUT2D eigenvalue weighted by Gasteiger charge is -2.07. The summed E-state index contributed by atoms with van der Waals surface area (Å²) in [6, 6.07) is 10.8. The minimum absolute atomic E-state index is 0.309. The van der Waals surface area contributed by atoms with Gasteiger partial charge in [-0.05, 0) is 85.0 Å². The number of esters is 1. The molecule has 0 spiro atoms. The van der Waals surface area contributed by atoms with Crippen LogP contribution in [0, 0.1) is 0 Å².